The molecule has 1 aliphatic carbocycles. The minimum Gasteiger partial charge on any atom is -0.457 e. The standard InChI is InChI=1S/C17H18BrNO/c1-12-10-17(20-16-8-3-14(18)4-9-16)7-2-13(12)11-19-15-5-6-15/h2-4,7-10,15,19H,5-6,11H2,1H3. The van der Waals surface area contributed by atoms with Gasteiger partial charge < -0.3 is 10.1 Å². The van der Waals surface area contributed by atoms with Crippen LogP contribution in [-0.2, 0) is 6.54 Å². The maximum atomic E-state index is 5.87. The zero-order chi connectivity index (χ0) is 13.9. The molecule has 0 spiro atoms. The van der Waals surface area contributed by atoms with Crippen LogP contribution in [0, 0.1) is 6.92 Å². The van der Waals surface area contributed by atoms with Crippen molar-refractivity contribution < 1.29 is 4.74 Å². The van der Waals surface area contributed by atoms with E-state index in [9.17, 15) is 0 Å². The molecule has 2 aromatic rings. The third kappa shape index (κ3) is 3.62. The van der Waals surface area contributed by atoms with Crippen molar-refractivity contribution in [2.45, 2.75) is 32.4 Å². The van der Waals surface area contributed by atoms with Crippen LogP contribution in [0.2, 0.25) is 0 Å². The highest BCUT2D eigenvalue weighted by atomic mass is 79.9. The molecule has 0 saturated heterocycles. The quantitative estimate of drug-likeness (QED) is 0.849. The number of rotatable bonds is 5. The van der Waals surface area contributed by atoms with Crippen molar-refractivity contribution in [2.24, 2.45) is 0 Å². The lowest BCUT2D eigenvalue weighted by Gasteiger charge is -2.10. The zero-order valence-electron chi connectivity index (χ0n) is 11.5. The summed E-state index contributed by atoms with van der Waals surface area (Å²) in [6.45, 7) is 3.09. The van der Waals surface area contributed by atoms with Gasteiger partial charge in [0.15, 0.2) is 0 Å². The molecule has 0 aromatic heterocycles. The van der Waals surface area contributed by atoms with E-state index in [2.05, 4.69) is 40.3 Å². The highest BCUT2D eigenvalue weighted by molar-refractivity contribution is 9.10. The Kier molecular flexibility index (Phi) is 4.08. The summed E-state index contributed by atoms with van der Waals surface area (Å²) in [4.78, 5) is 0. The average Bonchev–Trinajstić information content (AvgIpc) is 3.25. The molecule has 0 bridgehead atoms. The first-order chi connectivity index (χ1) is 9.70. The summed E-state index contributed by atoms with van der Waals surface area (Å²) < 4.78 is 6.92. The van der Waals surface area contributed by atoms with Gasteiger partial charge in [-0.05, 0) is 67.3 Å². The Labute approximate surface area is 128 Å². The third-order valence-electron chi connectivity index (χ3n) is 3.52. The van der Waals surface area contributed by atoms with Gasteiger partial charge in [0.05, 0.1) is 0 Å². The molecule has 1 fully saturated rings. The van der Waals surface area contributed by atoms with Gasteiger partial charge >= 0.3 is 0 Å². The van der Waals surface area contributed by atoms with Crippen molar-refractivity contribution in [3.8, 4) is 11.5 Å². The van der Waals surface area contributed by atoms with Gasteiger partial charge in [0.1, 0.15) is 11.5 Å². The van der Waals surface area contributed by atoms with E-state index in [1.807, 2.05) is 30.3 Å². The van der Waals surface area contributed by atoms with E-state index in [4.69, 9.17) is 4.74 Å². The van der Waals surface area contributed by atoms with Crippen LogP contribution in [0.3, 0.4) is 0 Å². The van der Waals surface area contributed by atoms with Crippen molar-refractivity contribution in [1.29, 1.82) is 0 Å². The van der Waals surface area contributed by atoms with E-state index < -0.39 is 0 Å². The van der Waals surface area contributed by atoms with Gasteiger partial charge in [-0.3, -0.25) is 0 Å². The summed E-state index contributed by atoms with van der Waals surface area (Å²) in [5, 5.41) is 3.54. The number of nitrogens with one attached hydrogen (secondary N) is 1. The predicted molar refractivity (Wildman–Crippen MR) is 85.3 cm³/mol. The minimum absolute atomic E-state index is 0.744. The van der Waals surface area contributed by atoms with Crippen LogP contribution in [0.1, 0.15) is 24.0 Å². The van der Waals surface area contributed by atoms with Crippen LogP contribution in [0.4, 0.5) is 0 Å². The SMILES string of the molecule is Cc1cc(Oc2ccc(Br)cc2)ccc1CNC1CC1. The summed E-state index contributed by atoms with van der Waals surface area (Å²) in [6.07, 6.45) is 2.65. The molecule has 2 nitrogen and oxygen atoms in total. The second-order valence-electron chi connectivity index (χ2n) is 5.30. The molecular formula is C17H18BrNO. The van der Waals surface area contributed by atoms with Crippen LogP contribution >= 0.6 is 15.9 Å². The van der Waals surface area contributed by atoms with Gasteiger partial charge in [-0.25, -0.2) is 0 Å². The lowest BCUT2D eigenvalue weighted by Crippen LogP contribution is -2.15. The fourth-order valence-corrected chi connectivity index (χ4v) is 2.38. The van der Waals surface area contributed by atoms with Gasteiger partial charge in [0.2, 0.25) is 0 Å². The Morgan fingerprint density at radius 1 is 1.10 bits per heavy atom. The van der Waals surface area contributed by atoms with E-state index in [0.29, 0.717) is 0 Å². The Morgan fingerprint density at radius 2 is 1.80 bits per heavy atom. The average molecular weight is 332 g/mol. The first-order valence-corrected chi connectivity index (χ1v) is 7.76. The van der Waals surface area contributed by atoms with Crippen LogP contribution in [-0.4, -0.2) is 6.04 Å². The summed E-state index contributed by atoms with van der Waals surface area (Å²) in [6, 6.07) is 14.9. The second kappa shape index (κ2) is 5.98. The van der Waals surface area contributed by atoms with Crippen molar-refractivity contribution in [1.82, 2.24) is 5.32 Å². The highest BCUT2D eigenvalue weighted by Gasteiger charge is 2.20. The number of hydrogen-bond acceptors (Lipinski definition) is 2. The molecule has 3 heteroatoms. The topological polar surface area (TPSA) is 21.3 Å². The van der Waals surface area contributed by atoms with E-state index >= 15 is 0 Å². The van der Waals surface area contributed by atoms with Gasteiger partial charge in [0, 0.05) is 17.1 Å². The lowest BCUT2D eigenvalue weighted by molar-refractivity contribution is 0.481. The molecule has 1 N–H and O–H groups in total. The van der Waals surface area contributed by atoms with Crippen LogP contribution in [0.5, 0.6) is 11.5 Å². The summed E-state index contributed by atoms with van der Waals surface area (Å²) in [7, 11) is 0. The first kappa shape index (κ1) is 13.7. The van der Waals surface area contributed by atoms with Crippen LogP contribution in [0.25, 0.3) is 0 Å². The fourth-order valence-electron chi connectivity index (χ4n) is 2.11. The third-order valence-corrected chi connectivity index (χ3v) is 4.05. The summed E-state index contributed by atoms with van der Waals surface area (Å²) in [5.41, 5.74) is 2.62. The van der Waals surface area contributed by atoms with Crippen LogP contribution < -0.4 is 10.1 Å². The minimum atomic E-state index is 0.744. The molecule has 0 atom stereocenters. The van der Waals surface area contributed by atoms with E-state index in [0.717, 1.165) is 28.6 Å². The summed E-state index contributed by atoms with van der Waals surface area (Å²) >= 11 is 3.42. The highest BCUT2D eigenvalue weighted by Crippen LogP contribution is 2.26. The predicted octanol–water partition coefficient (Wildman–Crippen LogP) is 4.80. The monoisotopic (exact) mass is 331 g/mol. The van der Waals surface area contributed by atoms with Gasteiger partial charge in [-0.1, -0.05) is 22.0 Å². The molecule has 1 aliphatic rings. The Balaban J connectivity index is 1.67. The molecule has 0 aliphatic heterocycles. The smallest absolute Gasteiger partial charge is 0.127 e. The summed E-state index contributed by atoms with van der Waals surface area (Å²) in [5.74, 6) is 1.75. The number of ether oxygens (including phenoxy) is 1. The number of aryl methyl sites for hydroxylation is 1. The number of benzene rings is 2. The molecule has 0 radical (unpaired) electrons. The maximum absolute atomic E-state index is 5.87. The maximum Gasteiger partial charge on any atom is 0.127 e. The molecule has 0 heterocycles. The van der Waals surface area contributed by atoms with Crippen LogP contribution in [0.15, 0.2) is 46.9 Å². The number of hydrogen-bond donors (Lipinski definition) is 1. The molecule has 0 unspecified atom stereocenters. The van der Waals surface area contributed by atoms with Crippen molar-refractivity contribution in [2.75, 3.05) is 0 Å². The van der Waals surface area contributed by atoms with Crippen molar-refractivity contribution in [3.05, 3.63) is 58.1 Å². The molecule has 104 valence electrons. The van der Waals surface area contributed by atoms with E-state index in [-0.39, 0.29) is 0 Å². The normalized spacial score (nSPS) is 14.3. The molecular weight excluding hydrogens is 314 g/mol. The largest absolute Gasteiger partial charge is 0.457 e. The molecule has 2 aromatic carbocycles. The Bertz CT molecular complexity index is 590. The molecule has 0 amide bonds. The molecule has 20 heavy (non-hydrogen) atoms. The van der Waals surface area contributed by atoms with Gasteiger partial charge in [-0.2, -0.15) is 0 Å². The zero-order valence-corrected chi connectivity index (χ0v) is 13.1. The Hall–Kier alpha value is -1.32. The second-order valence-corrected chi connectivity index (χ2v) is 6.22. The van der Waals surface area contributed by atoms with E-state index in [1.165, 1.54) is 24.0 Å². The van der Waals surface area contributed by atoms with Crippen molar-refractivity contribution >= 4 is 15.9 Å². The fraction of sp³-hybridized carbons (Fsp3) is 0.294. The van der Waals surface area contributed by atoms with Gasteiger partial charge in [0.25, 0.3) is 0 Å². The molecule has 1 saturated carbocycles. The van der Waals surface area contributed by atoms with E-state index in [1.54, 1.807) is 0 Å². The molecule has 3 rings (SSSR count). The van der Waals surface area contributed by atoms with Crippen molar-refractivity contribution in [3.63, 3.8) is 0 Å². The first-order valence-electron chi connectivity index (χ1n) is 6.97. The lowest BCUT2D eigenvalue weighted by atomic mass is 10.1. The Morgan fingerprint density at radius 3 is 2.45 bits per heavy atom. The van der Waals surface area contributed by atoms with Gasteiger partial charge in [-0.15, -0.1) is 0 Å². The number of halogens is 1.